The topological polar surface area (TPSA) is 50.8 Å². The van der Waals surface area contributed by atoms with Gasteiger partial charge < -0.3 is 19.7 Å². The highest BCUT2D eigenvalue weighted by Gasteiger charge is 2.23. The number of ether oxygens (including phenoxy) is 2. The van der Waals surface area contributed by atoms with E-state index in [1.807, 2.05) is 42.5 Å². The number of carbonyl (C=O) groups is 1. The smallest absolute Gasteiger partial charge is 0.257 e. The molecule has 1 saturated heterocycles. The van der Waals surface area contributed by atoms with Gasteiger partial charge in [0.2, 0.25) is 0 Å². The van der Waals surface area contributed by atoms with Gasteiger partial charge in [0.15, 0.2) is 6.61 Å². The number of nitrogens with one attached hydrogen (secondary N) is 1. The maximum Gasteiger partial charge on any atom is 0.257 e. The summed E-state index contributed by atoms with van der Waals surface area (Å²) in [5.74, 6) is 1.95. The lowest BCUT2D eigenvalue weighted by Crippen LogP contribution is -2.34. The minimum Gasteiger partial charge on any atom is -0.497 e. The number of hydrogen-bond donors (Lipinski definition) is 1. The summed E-state index contributed by atoms with van der Waals surface area (Å²) in [6, 6.07) is 17.5. The summed E-state index contributed by atoms with van der Waals surface area (Å²) in [7, 11) is 1.68. The molecule has 0 aliphatic carbocycles. The largest absolute Gasteiger partial charge is 0.497 e. The first-order valence-electron chi connectivity index (χ1n) is 8.58. The van der Waals surface area contributed by atoms with Gasteiger partial charge in [0.05, 0.1) is 7.11 Å². The molecule has 0 saturated carbocycles. The molecule has 1 aliphatic rings. The molecule has 3 rings (SSSR count). The predicted molar refractivity (Wildman–Crippen MR) is 98.3 cm³/mol. The molecule has 1 atom stereocenters. The van der Waals surface area contributed by atoms with E-state index in [1.165, 1.54) is 5.69 Å². The number of anilines is 1. The quantitative estimate of drug-likeness (QED) is 0.842. The van der Waals surface area contributed by atoms with Crippen molar-refractivity contribution in [3.8, 4) is 11.5 Å². The van der Waals surface area contributed by atoms with Gasteiger partial charge in [-0.2, -0.15) is 0 Å². The van der Waals surface area contributed by atoms with Gasteiger partial charge in [-0.25, -0.2) is 0 Å². The summed E-state index contributed by atoms with van der Waals surface area (Å²) < 4.78 is 10.7. The third-order valence-electron chi connectivity index (χ3n) is 4.41. The number of para-hydroxylation sites is 1. The van der Waals surface area contributed by atoms with Crippen molar-refractivity contribution in [3.05, 3.63) is 54.6 Å². The molecular weight excluding hydrogens is 316 g/mol. The summed E-state index contributed by atoms with van der Waals surface area (Å²) in [6.45, 7) is 2.66. The van der Waals surface area contributed by atoms with Crippen LogP contribution in [0.2, 0.25) is 0 Å². The van der Waals surface area contributed by atoms with Crippen molar-refractivity contribution in [3.63, 3.8) is 0 Å². The molecule has 1 N–H and O–H groups in total. The zero-order valence-corrected chi connectivity index (χ0v) is 14.5. The molecule has 0 bridgehead atoms. The molecule has 1 aliphatic heterocycles. The third kappa shape index (κ3) is 4.89. The fourth-order valence-corrected chi connectivity index (χ4v) is 3.02. The molecule has 1 heterocycles. The number of nitrogens with zero attached hydrogens (tertiary/aromatic N) is 1. The Bertz CT molecular complexity index is 690. The van der Waals surface area contributed by atoms with Crippen molar-refractivity contribution >= 4 is 11.6 Å². The molecule has 5 heteroatoms. The summed E-state index contributed by atoms with van der Waals surface area (Å²) >= 11 is 0. The van der Waals surface area contributed by atoms with Gasteiger partial charge in [-0.1, -0.05) is 24.3 Å². The van der Waals surface area contributed by atoms with Gasteiger partial charge in [0.25, 0.3) is 5.91 Å². The molecule has 2 aromatic carbocycles. The van der Waals surface area contributed by atoms with Crippen LogP contribution in [0.25, 0.3) is 0 Å². The highest BCUT2D eigenvalue weighted by atomic mass is 16.5. The molecule has 0 spiro atoms. The number of benzene rings is 2. The van der Waals surface area contributed by atoms with Crippen LogP contribution in [0.1, 0.15) is 6.42 Å². The van der Waals surface area contributed by atoms with E-state index in [9.17, 15) is 4.79 Å². The van der Waals surface area contributed by atoms with Gasteiger partial charge >= 0.3 is 0 Å². The molecule has 1 amide bonds. The summed E-state index contributed by atoms with van der Waals surface area (Å²) in [5.41, 5.74) is 1.17. The first-order valence-corrected chi connectivity index (χ1v) is 8.58. The highest BCUT2D eigenvalue weighted by Crippen LogP contribution is 2.26. The van der Waals surface area contributed by atoms with Crippen LogP contribution in [0.5, 0.6) is 11.5 Å². The number of rotatable bonds is 7. The second-order valence-corrected chi connectivity index (χ2v) is 6.21. The normalized spacial score (nSPS) is 16.5. The molecule has 0 radical (unpaired) electrons. The van der Waals surface area contributed by atoms with Crippen molar-refractivity contribution in [1.29, 1.82) is 0 Å². The van der Waals surface area contributed by atoms with E-state index in [-0.39, 0.29) is 12.5 Å². The SMILES string of the molecule is COc1cccc(N2CC[C@H](CNC(=O)COc3ccccc3)C2)c1. The Balaban J connectivity index is 1.41. The molecule has 0 unspecified atom stereocenters. The number of hydrogen-bond acceptors (Lipinski definition) is 4. The molecule has 132 valence electrons. The van der Waals surface area contributed by atoms with E-state index in [0.717, 1.165) is 25.3 Å². The lowest BCUT2D eigenvalue weighted by molar-refractivity contribution is -0.123. The lowest BCUT2D eigenvalue weighted by atomic mass is 10.1. The summed E-state index contributed by atoms with van der Waals surface area (Å²) in [5, 5.41) is 2.97. The number of carbonyl (C=O) groups excluding carboxylic acids is 1. The van der Waals surface area contributed by atoms with Crippen LogP contribution < -0.4 is 19.7 Å². The predicted octanol–water partition coefficient (Wildman–Crippen LogP) is 2.72. The van der Waals surface area contributed by atoms with Crippen LogP contribution in [0.15, 0.2) is 54.6 Å². The van der Waals surface area contributed by atoms with Gasteiger partial charge in [0, 0.05) is 31.4 Å². The molecule has 25 heavy (non-hydrogen) atoms. The van der Waals surface area contributed by atoms with Crippen molar-refractivity contribution < 1.29 is 14.3 Å². The van der Waals surface area contributed by atoms with Crippen LogP contribution in [0.4, 0.5) is 5.69 Å². The Kier molecular flexibility index (Phi) is 5.77. The highest BCUT2D eigenvalue weighted by molar-refractivity contribution is 5.77. The van der Waals surface area contributed by atoms with Crippen molar-refractivity contribution in [2.45, 2.75) is 6.42 Å². The summed E-state index contributed by atoms with van der Waals surface area (Å²) in [4.78, 5) is 14.3. The van der Waals surface area contributed by atoms with Crippen LogP contribution >= 0.6 is 0 Å². The molecular formula is C20H24N2O3. The second kappa shape index (κ2) is 8.42. The zero-order chi connectivity index (χ0) is 17.5. The lowest BCUT2D eigenvalue weighted by Gasteiger charge is -2.19. The van der Waals surface area contributed by atoms with E-state index < -0.39 is 0 Å². The Morgan fingerprint density at radius 1 is 1.16 bits per heavy atom. The maximum absolute atomic E-state index is 11.9. The third-order valence-corrected chi connectivity index (χ3v) is 4.41. The minimum absolute atomic E-state index is 0.0519. The van der Waals surface area contributed by atoms with Gasteiger partial charge in [-0.05, 0) is 36.6 Å². The fraction of sp³-hybridized carbons (Fsp3) is 0.350. The van der Waals surface area contributed by atoms with E-state index in [1.54, 1.807) is 7.11 Å². The first kappa shape index (κ1) is 17.1. The van der Waals surface area contributed by atoms with Gasteiger partial charge in [0.1, 0.15) is 11.5 Å². The maximum atomic E-state index is 11.9. The van der Waals surface area contributed by atoms with Crippen LogP contribution in [0.3, 0.4) is 0 Å². The van der Waals surface area contributed by atoms with Crippen LogP contribution in [-0.2, 0) is 4.79 Å². The summed E-state index contributed by atoms with van der Waals surface area (Å²) in [6.07, 6.45) is 1.07. The number of methoxy groups -OCH3 is 1. The Morgan fingerprint density at radius 2 is 1.96 bits per heavy atom. The monoisotopic (exact) mass is 340 g/mol. The fourth-order valence-electron chi connectivity index (χ4n) is 3.02. The van der Waals surface area contributed by atoms with Gasteiger partial charge in [-0.3, -0.25) is 4.79 Å². The minimum atomic E-state index is -0.0799. The van der Waals surface area contributed by atoms with Gasteiger partial charge in [-0.15, -0.1) is 0 Å². The number of amides is 1. The average molecular weight is 340 g/mol. The van der Waals surface area contributed by atoms with Crippen molar-refractivity contribution in [2.75, 3.05) is 38.3 Å². The molecule has 5 nitrogen and oxygen atoms in total. The molecule has 2 aromatic rings. The Hall–Kier alpha value is -2.69. The van der Waals surface area contributed by atoms with Crippen LogP contribution in [-0.4, -0.2) is 39.3 Å². The van der Waals surface area contributed by atoms with E-state index >= 15 is 0 Å². The Morgan fingerprint density at radius 3 is 2.76 bits per heavy atom. The van der Waals surface area contributed by atoms with E-state index in [2.05, 4.69) is 22.3 Å². The van der Waals surface area contributed by atoms with E-state index in [4.69, 9.17) is 9.47 Å². The molecule has 0 aromatic heterocycles. The van der Waals surface area contributed by atoms with Crippen LogP contribution in [0, 0.1) is 5.92 Å². The standard InChI is InChI=1S/C20H24N2O3/c1-24-19-9-5-6-17(12-19)22-11-10-16(14-22)13-21-20(23)15-25-18-7-3-2-4-8-18/h2-9,12,16H,10-11,13-15H2,1H3,(H,21,23)/t16-/m1/s1. The first-order chi connectivity index (χ1) is 12.2. The zero-order valence-electron chi connectivity index (χ0n) is 14.5. The van der Waals surface area contributed by atoms with E-state index in [0.29, 0.717) is 18.2 Å². The molecule has 1 fully saturated rings. The van der Waals surface area contributed by atoms with Crippen molar-refractivity contribution in [2.24, 2.45) is 5.92 Å². The Labute approximate surface area is 148 Å². The second-order valence-electron chi connectivity index (χ2n) is 6.21. The average Bonchev–Trinajstić information content (AvgIpc) is 3.15. The van der Waals surface area contributed by atoms with Crippen molar-refractivity contribution in [1.82, 2.24) is 5.32 Å².